The van der Waals surface area contributed by atoms with Crippen LogP contribution >= 0.6 is 0 Å². The summed E-state index contributed by atoms with van der Waals surface area (Å²) in [7, 11) is 1.68. The Morgan fingerprint density at radius 1 is 1.03 bits per heavy atom. The minimum Gasteiger partial charge on any atom is -0.493 e. The van der Waals surface area contributed by atoms with Crippen LogP contribution in [0.2, 0.25) is 0 Å². The van der Waals surface area contributed by atoms with E-state index < -0.39 is 0 Å². The molecule has 1 aromatic heterocycles. The van der Waals surface area contributed by atoms with Crippen molar-refractivity contribution in [1.82, 2.24) is 4.98 Å². The summed E-state index contributed by atoms with van der Waals surface area (Å²) in [5.74, 6) is 2.22. The van der Waals surface area contributed by atoms with E-state index in [2.05, 4.69) is 51.0 Å². The van der Waals surface area contributed by atoms with Crippen molar-refractivity contribution in [2.24, 2.45) is 5.73 Å². The maximum atomic E-state index is 6.48. The number of aryl methyl sites for hydroxylation is 2. The van der Waals surface area contributed by atoms with Crippen LogP contribution in [0, 0.1) is 27.7 Å². The van der Waals surface area contributed by atoms with E-state index >= 15 is 0 Å². The van der Waals surface area contributed by atoms with Crippen LogP contribution in [0.4, 0.5) is 5.69 Å². The number of nitrogens with two attached hydrogens (primary N) is 1. The summed E-state index contributed by atoms with van der Waals surface area (Å²) in [5, 5.41) is 4.55. The number of hydrogen-bond donors (Lipinski definition) is 2. The lowest BCUT2D eigenvalue weighted by molar-refractivity contribution is 0.380. The van der Waals surface area contributed by atoms with Crippen LogP contribution in [-0.4, -0.2) is 24.7 Å². The van der Waals surface area contributed by atoms with E-state index in [9.17, 15) is 0 Å². The van der Waals surface area contributed by atoms with Gasteiger partial charge in [-0.2, -0.15) is 0 Å². The predicted molar refractivity (Wildman–Crippen MR) is 125 cm³/mol. The van der Waals surface area contributed by atoms with Gasteiger partial charge in [0.05, 0.1) is 23.7 Å². The first-order valence-electron chi connectivity index (χ1n) is 10.5. The Balaban J connectivity index is 2.13. The number of fused-ring (bicyclic) bond motifs is 1. The Labute approximate surface area is 179 Å². The fourth-order valence-corrected chi connectivity index (χ4v) is 3.71. The first-order chi connectivity index (χ1) is 14.4. The molecule has 0 aliphatic heterocycles. The first-order valence-corrected chi connectivity index (χ1v) is 10.5. The van der Waals surface area contributed by atoms with E-state index in [1.807, 2.05) is 24.4 Å². The van der Waals surface area contributed by atoms with Crippen molar-refractivity contribution in [3.63, 3.8) is 0 Å². The van der Waals surface area contributed by atoms with Crippen LogP contribution < -0.4 is 20.5 Å². The summed E-state index contributed by atoms with van der Waals surface area (Å²) >= 11 is 0. The molecule has 1 unspecified atom stereocenters. The van der Waals surface area contributed by atoms with Crippen LogP contribution in [0.5, 0.6) is 17.2 Å². The molecule has 2 aromatic carbocycles. The maximum Gasteiger partial charge on any atom is 0.179 e. The fourth-order valence-electron chi connectivity index (χ4n) is 3.71. The predicted octanol–water partition coefficient (Wildman–Crippen LogP) is 5.81. The highest BCUT2D eigenvalue weighted by Gasteiger charge is 2.20. The summed E-state index contributed by atoms with van der Waals surface area (Å²) < 4.78 is 12.2. The van der Waals surface area contributed by atoms with Gasteiger partial charge in [-0.1, -0.05) is 6.07 Å². The second-order valence-electron chi connectivity index (χ2n) is 8.02. The number of ether oxygens (including phenoxy) is 2. The Morgan fingerprint density at radius 3 is 2.50 bits per heavy atom. The van der Waals surface area contributed by atoms with Gasteiger partial charge in [0.25, 0.3) is 0 Å². The molecule has 3 aromatic rings. The standard InChI is InChI=1S/C25H33N3O2/c1-15-9-10-21(19(5)18(15)4)30-25-22(29-6)14-20(28-17(3)8-7-12-26)24-23(25)16(2)11-13-27-24/h9-11,13-14,17,28H,7-8,12,26H2,1-6H3. The minimum absolute atomic E-state index is 0.275. The van der Waals surface area contributed by atoms with E-state index in [0.29, 0.717) is 18.0 Å². The third kappa shape index (κ3) is 4.36. The molecule has 0 aliphatic rings. The lowest BCUT2D eigenvalue weighted by atomic mass is 10.0. The molecule has 0 aliphatic carbocycles. The molecular weight excluding hydrogens is 374 g/mol. The Kier molecular flexibility index (Phi) is 6.83. The number of hydrogen-bond acceptors (Lipinski definition) is 5. The number of pyridine rings is 1. The van der Waals surface area contributed by atoms with E-state index in [1.54, 1.807) is 7.11 Å². The molecule has 1 atom stereocenters. The van der Waals surface area contributed by atoms with Crippen molar-refractivity contribution in [3.05, 3.63) is 52.7 Å². The lowest BCUT2D eigenvalue weighted by Crippen LogP contribution is -2.17. The van der Waals surface area contributed by atoms with Crippen LogP contribution in [0.25, 0.3) is 10.9 Å². The molecular formula is C25H33N3O2. The van der Waals surface area contributed by atoms with Gasteiger partial charge in [-0.05, 0) is 88.4 Å². The molecule has 3 N–H and O–H groups in total. The summed E-state index contributed by atoms with van der Waals surface area (Å²) in [5.41, 5.74) is 12.2. The molecule has 0 fully saturated rings. The van der Waals surface area contributed by atoms with E-state index in [-0.39, 0.29) is 6.04 Å². The second kappa shape index (κ2) is 9.35. The zero-order valence-corrected chi connectivity index (χ0v) is 18.9. The van der Waals surface area contributed by atoms with Crippen LogP contribution in [0.3, 0.4) is 0 Å². The second-order valence-corrected chi connectivity index (χ2v) is 8.02. The van der Waals surface area contributed by atoms with Crippen molar-refractivity contribution in [1.29, 1.82) is 0 Å². The number of methoxy groups -OCH3 is 1. The van der Waals surface area contributed by atoms with E-state index in [4.69, 9.17) is 15.2 Å². The number of benzene rings is 2. The molecule has 0 saturated carbocycles. The maximum absolute atomic E-state index is 6.48. The van der Waals surface area contributed by atoms with Gasteiger partial charge in [0.1, 0.15) is 5.75 Å². The Hall–Kier alpha value is -2.79. The SMILES string of the molecule is COc1cc(NC(C)CCCN)c2nccc(C)c2c1Oc1ccc(C)c(C)c1C. The van der Waals surface area contributed by atoms with Crippen LogP contribution in [-0.2, 0) is 0 Å². The van der Waals surface area contributed by atoms with Gasteiger partial charge in [0.2, 0.25) is 0 Å². The molecule has 0 saturated heterocycles. The monoisotopic (exact) mass is 407 g/mol. The average molecular weight is 408 g/mol. The van der Waals surface area contributed by atoms with Gasteiger partial charge in [-0.15, -0.1) is 0 Å². The molecule has 0 bridgehead atoms. The van der Waals surface area contributed by atoms with Gasteiger partial charge in [-0.25, -0.2) is 0 Å². The molecule has 30 heavy (non-hydrogen) atoms. The summed E-state index contributed by atoms with van der Waals surface area (Å²) in [6.07, 6.45) is 3.81. The Morgan fingerprint density at radius 2 is 1.80 bits per heavy atom. The van der Waals surface area contributed by atoms with Gasteiger partial charge < -0.3 is 20.5 Å². The number of anilines is 1. The topological polar surface area (TPSA) is 69.4 Å². The summed E-state index contributed by atoms with van der Waals surface area (Å²) in [6, 6.07) is 8.38. The molecule has 0 radical (unpaired) electrons. The third-order valence-electron chi connectivity index (χ3n) is 5.82. The first kappa shape index (κ1) is 21.9. The van der Waals surface area contributed by atoms with Crippen LogP contribution in [0.1, 0.15) is 42.0 Å². The number of nitrogens with one attached hydrogen (secondary N) is 1. The molecule has 5 heteroatoms. The molecule has 1 heterocycles. The molecule has 3 rings (SSSR count). The smallest absolute Gasteiger partial charge is 0.179 e. The molecule has 0 amide bonds. The fraction of sp³-hybridized carbons (Fsp3) is 0.400. The Bertz CT molecular complexity index is 1050. The quantitative estimate of drug-likeness (QED) is 0.493. The van der Waals surface area contributed by atoms with Crippen molar-refractivity contribution in [3.8, 4) is 17.2 Å². The summed E-state index contributed by atoms with van der Waals surface area (Å²) in [6.45, 7) is 11.2. The van der Waals surface area contributed by atoms with Crippen LogP contribution in [0.15, 0.2) is 30.5 Å². The third-order valence-corrected chi connectivity index (χ3v) is 5.82. The highest BCUT2D eigenvalue weighted by molar-refractivity contribution is 5.99. The van der Waals surface area contributed by atoms with Gasteiger partial charge >= 0.3 is 0 Å². The largest absolute Gasteiger partial charge is 0.493 e. The summed E-state index contributed by atoms with van der Waals surface area (Å²) in [4.78, 5) is 4.68. The van der Waals surface area contributed by atoms with Crippen molar-refractivity contribution < 1.29 is 9.47 Å². The zero-order valence-electron chi connectivity index (χ0n) is 18.9. The van der Waals surface area contributed by atoms with Crippen molar-refractivity contribution >= 4 is 16.6 Å². The minimum atomic E-state index is 0.275. The average Bonchev–Trinajstić information content (AvgIpc) is 2.73. The zero-order chi connectivity index (χ0) is 21.8. The molecule has 0 spiro atoms. The highest BCUT2D eigenvalue weighted by atomic mass is 16.5. The van der Waals surface area contributed by atoms with E-state index in [0.717, 1.165) is 46.3 Å². The normalized spacial score (nSPS) is 12.1. The highest BCUT2D eigenvalue weighted by Crippen LogP contribution is 2.44. The number of aromatic nitrogens is 1. The van der Waals surface area contributed by atoms with Gasteiger partial charge in [-0.3, -0.25) is 4.98 Å². The molecule has 160 valence electrons. The van der Waals surface area contributed by atoms with Gasteiger partial charge in [0, 0.05) is 18.3 Å². The lowest BCUT2D eigenvalue weighted by Gasteiger charge is -2.21. The number of nitrogens with zero attached hydrogens (tertiary/aromatic N) is 1. The van der Waals surface area contributed by atoms with Crippen molar-refractivity contribution in [2.75, 3.05) is 19.0 Å². The van der Waals surface area contributed by atoms with E-state index in [1.165, 1.54) is 11.1 Å². The number of rotatable bonds is 8. The van der Waals surface area contributed by atoms with Gasteiger partial charge in [0.15, 0.2) is 11.5 Å². The van der Waals surface area contributed by atoms with Crippen molar-refractivity contribution in [2.45, 2.75) is 53.5 Å². The molecule has 5 nitrogen and oxygen atoms in total.